The highest BCUT2D eigenvalue weighted by Gasteiger charge is 2.26. The lowest BCUT2D eigenvalue weighted by Gasteiger charge is -2.39. The SMILES string of the molecule is Cc1cc([N+](=O)[O-])cc(C)c1ON1CNC(Nc2ccc(C#N)cc2)N(N)C1. The second kappa shape index (κ2) is 8.20. The smallest absolute Gasteiger partial charge is 0.270 e. The lowest BCUT2D eigenvalue weighted by Crippen LogP contribution is -2.65. The van der Waals surface area contributed by atoms with Gasteiger partial charge in [-0.3, -0.25) is 21.3 Å². The summed E-state index contributed by atoms with van der Waals surface area (Å²) in [4.78, 5) is 16.5. The van der Waals surface area contributed by atoms with Gasteiger partial charge in [0.2, 0.25) is 0 Å². The molecule has 1 unspecified atom stereocenters. The summed E-state index contributed by atoms with van der Waals surface area (Å²) in [5.74, 6) is 6.68. The number of nitriles is 1. The molecular weight excluding hydrogens is 362 g/mol. The summed E-state index contributed by atoms with van der Waals surface area (Å²) < 4.78 is 0. The zero-order chi connectivity index (χ0) is 20.3. The molecule has 0 saturated carbocycles. The van der Waals surface area contributed by atoms with Crippen LogP contribution in [0.1, 0.15) is 16.7 Å². The fourth-order valence-corrected chi connectivity index (χ4v) is 2.92. The van der Waals surface area contributed by atoms with Gasteiger partial charge >= 0.3 is 0 Å². The summed E-state index contributed by atoms with van der Waals surface area (Å²) in [5.41, 5.74) is 2.79. The van der Waals surface area contributed by atoms with Gasteiger partial charge in [-0.1, -0.05) is 0 Å². The average molecular weight is 383 g/mol. The first kappa shape index (κ1) is 19.5. The van der Waals surface area contributed by atoms with E-state index in [-0.39, 0.29) is 12.0 Å². The fraction of sp³-hybridized carbons (Fsp3) is 0.278. The van der Waals surface area contributed by atoms with Crippen LogP contribution in [0.3, 0.4) is 0 Å². The number of nitro groups is 1. The van der Waals surface area contributed by atoms with Crippen LogP contribution in [0.15, 0.2) is 36.4 Å². The predicted molar refractivity (Wildman–Crippen MR) is 103 cm³/mol. The molecule has 10 heteroatoms. The lowest BCUT2D eigenvalue weighted by molar-refractivity contribution is -0.385. The molecular formula is C18H21N7O3. The van der Waals surface area contributed by atoms with Crippen LogP contribution in [-0.2, 0) is 0 Å². The molecule has 0 aliphatic carbocycles. The first-order chi connectivity index (χ1) is 13.4. The minimum Gasteiger partial charge on any atom is -0.403 e. The van der Waals surface area contributed by atoms with E-state index in [0.717, 1.165) is 5.69 Å². The number of anilines is 1. The van der Waals surface area contributed by atoms with Crippen molar-refractivity contribution in [1.82, 2.24) is 15.4 Å². The quantitative estimate of drug-likeness (QED) is 0.401. The Morgan fingerprint density at radius 2 is 1.96 bits per heavy atom. The maximum Gasteiger partial charge on any atom is 0.270 e. The summed E-state index contributed by atoms with van der Waals surface area (Å²) in [6.07, 6.45) is -0.327. The molecule has 10 nitrogen and oxygen atoms in total. The minimum atomic E-state index is -0.423. The third kappa shape index (κ3) is 4.36. The number of nitrogens with zero attached hydrogens (tertiary/aromatic N) is 4. The van der Waals surface area contributed by atoms with Crippen LogP contribution in [0.4, 0.5) is 11.4 Å². The van der Waals surface area contributed by atoms with Crippen LogP contribution in [0, 0.1) is 35.3 Å². The highest BCUT2D eigenvalue weighted by molar-refractivity contribution is 5.49. The molecule has 2 aromatic carbocycles. The molecule has 1 aliphatic rings. The van der Waals surface area contributed by atoms with Crippen molar-refractivity contribution in [2.45, 2.75) is 20.1 Å². The van der Waals surface area contributed by atoms with Crippen molar-refractivity contribution >= 4 is 11.4 Å². The second-order valence-electron chi connectivity index (χ2n) is 6.49. The van der Waals surface area contributed by atoms with Crippen molar-refractivity contribution in [2.24, 2.45) is 5.84 Å². The number of hydroxylamine groups is 2. The predicted octanol–water partition coefficient (Wildman–Crippen LogP) is 1.77. The third-order valence-corrected chi connectivity index (χ3v) is 4.31. The van der Waals surface area contributed by atoms with Crippen LogP contribution in [0.25, 0.3) is 0 Å². The molecule has 1 saturated heterocycles. The van der Waals surface area contributed by atoms with E-state index >= 15 is 0 Å². The number of hydrazine groups is 1. The van der Waals surface area contributed by atoms with E-state index in [1.807, 2.05) is 0 Å². The van der Waals surface area contributed by atoms with Crippen molar-refractivity contribution in [1.29, 1.82) is 5.26 Å². The second-order valence-corrected chi connectivity index (χ2v) is 6.49. The van der Waals surface area contributed by atoms with Crippen LogP contribution >= 0.6 is 0 Å². The Kier molecular flexibility index (Phi) is 5.72. The first-order valence-corrected chi connectivity index (χ1v) is 8.57. The van der Waals surface area contributed by atoms with Gasteiger partial charge in [0.1, 0.15) is 13.0 Å². The molecule has 0 radical (unpaired) electrons. The van der Waals surface area contributed by atoms with E-state index in [2.05, 4.69) is 16.7 Å². The van der Waals surface area contributed by atoms with Gasteiger partial charge in [0, 0.05) is 28.9 Å². The van der Waals surface area contributed by atoms with Gasteiger partial charge in [0.05, 0.1) is 23.2 Å². The zero-order valence-corrected chi connectivity index (χ0v) is 15.5. The molecule has 1 fully saturated rings. The minimum absolute atomic E-state index is 0.0336. The number of rotatable bonds is 5. The molecule has 0 bridgehead atoms. The third-order valence-electron chi connectivity index (χ3n) is 4.31. The number of nitrogens with one attached hydrogen (secondary N) is 2. The van der Waals surface area contributed by atoms with Crippen molar-refractivity contribution in [3.63, 3.8) is 0 Å². The molecule has 1 aliphatic heterocycles. The zero-order valence-electron chi connectivity index (χ0n) is 15.5. The average Bonchev–Trinajstić information content (AvgIpc) is 2.67. The number of non-ortho nitro benzene ring substituents is 1. The standard InChI is InChI=1S/C18H21N7O3/c1-12-7-16(25(26)27)8-13(2)17(12)28-23-10-21-18(24(20)11-23)22-15-5-3-14(9-19)4-6-15/h3-8,18,21-22H,10-11,20H2,1-2H3. The van der Waals surface area contributed by atoms with Gasteiger partial charge in [0.15, 0.2) is 5.75 Å². The number of nitrogens with two attached hydrogens (primary N) is 1. The van der Waals surface area contributed by atoms with Gasteiger partial charge in [-0.05, 0) is 38.1 Å². The fourth-order valence-electron chi connectivity index (χ4n) is 2.92. The molecule has 0 amide bonds. The van der Waals surface area contributed by atoms with Crippen molar-refractivity contribution in [3.8, 4) is 11.8 Å². The van der Waals surface area contributed by atoms with E-state index in [1.165, 1.54) is 17.1 Å². The van der Waals surface area contributed by atoms with E-state index in [0.29, 0.717) is 35.8 Å². The molecule has 4 N–H and O–H groups in total. The summed E-state index contributed by atoms with van der Waals surface area (Å²) >= 11 is 0. The van der Waals surface area contributed by atoms with Crippen LogP contribution < -0.4 is 21.3 Å². The number of nitro benzene ring substituents is 1. The molecule has 0 aromatic heterocycles. The Bertz CT molecular complexity index is 887. The Balaban J connectivity index is 1.62. The Hall–Kier alpha value is -3.23. The summed E-state index contributed by atoms with van der Waals surface area (Å²) in [5, 5.41) is 29.4. The van der Waals surface area contributed by atoms with Gasteiger partial charge in [-0.25, -0.2) is 0 Å². The van der Waals surface area contributed by atoms with Gasteiger partial charge in [0.25, 0.3) is 5.69 Å². The number of aryl methyl sites for hydroxylation is 2. The van der Waals surface area contributed by atoms with Crippen molar-refractivity contribution in [3.05, 3.63) is 63.2 Å². The Morgan fingerprint density at radius 1 is 1.32 bits per heavy atom. The molecule has 0 spiro atoms. The normalized spacial score (nSPS) is 17.7. The van der Waals surface area contributed by atoms with E-state index in [4.69, 9.17) is 15.9 Å². The largest absolute Gasteiger partial charge is 0.403 e. The monoisotopic (exact) mass is 383 g/mol. The molecule has 2 aromatic rings. The molecule has 3 rings (SSSR count). The number of benzene rings is 2. The highest BCUT2D eigenvalue weighted by atomic mass is 16.7. The summed E-state index contributed by atoms with van der Waals surface area (Å²) in [6.45, 7) is 4.22. The lowest BCUT2D eigenvalue weighted by atomic mass is 10.1. The maximum absolute atomic E-state index is 11.0. The highest BCUT2D eigenvalue weighted by Crippen LogP contribution is 2.29. The maximum atomic E-state index is 11.0. The van der Waals surface area contributed by atoms with E-state index in [9.17, 15) is 10.1 Å². The van der Waals surface area contributed by atoms with Crippen molar-refractivity contribution < 1.29 is 9.76 Å². The van der Waals surface area contributed by atoms with E-state index in [1.54, 1.807) is 43.2 Å². The van der Waals surface area contributed by atoms with Gasteiger partial charge in [-0.15, -0.1) is 5.06 Å². The topological polar surface area (TPSA) is 133 Å². The summed E-state index contributed by atoms with van der Waals surface area (Å²) in [6, 6.07) is 12.1. The van der Waals surface area contributed by atoms with Crippen LogP contribution in [0.2, 0.25) is 0 Å². The first-order valence-electron chi connectivity index (χ1n) is 8.57. The molecule has 1 heterocycles. The van der Waals surface area contributed by atoms with Gasteiger partial charge in [-0.2, -0.15) is 10.3 Å². The Labute approximate surface area is 162 Å². The molecule has 28 heavy (non-hydrogen) atoms. The van der Waals surface area contributed by atoms with Crippen LogP contribution in [0.5, 0.6) is 5.75 Å². The van der Waals surface area contributed by atoms with Crippen molar-refractivity contribution in [2.75, 3.05) is 18.7 Å². The van der Waals surface area contributed by atoms with Crippen LogP contribution in [-0.4, -0.2) is 34.6 Å². The number of hydrogen-bond acceptors (Lipinski definition) is 9. The Morgan fingerprint density at radius 3 is 2.50 bits per heavy atom. The molecule has 146 valence electrons. The van der Waals surface area contributed by atoms with E-state index < -0.39 is 4.92 Å². The molecule has 1 atom stereocenters. The summed E-state index contributed by atoms with van der Waals surface area (Å²) in [7, 11) is 0. The van der Waals surface area contributed by atoms with Gasteiger partial charge < -0.3 is 10.2 Å². The number of hydrogen-bond donors (Lipinski definition) is 3.